The second-order valence-electron chi connectivity index (χ2n) is 3.90. The van der Waals surface area contributed by atoms with Crippen LogP contribution < -0.4 is 5.32 Å². The summed E-state index contributed by atoms with van der Waals surface area (Å²) in [6.45, 7) is 1.22. The summed E-state index contributed by atoms with van der Waals surface area (Å²) in [5, 5.41) is 2.69. The maximum absolute atomic E-state index is 12.1. The van der Waals surface area contributed by atoms with Crippen LogP contribution in [-0.2, 0) is 4.79 Å². The van der Waals surface area contributed by atoms with Crippen LogP contribution in [0.15, 0.2) is 0 Å². The predicted octanol–water partition coefficient (Wildman–Crippen LogP) is 2.04. The lowest BCUT2D eigenvalue weighted by Crippen LogP contribution is -2.39. The summed E-state index contributed by atoms with van der Waals surface area (Å²) in [5.74, 6) is 0.188. The Labute approximate surface area is 78.9 Å². The fourth-order valence-electron chi connectivity index (χ4n) is 1.76. The molecule has 1 fully saturated rings. The van der Waals surface area contributed by atoms with Crippen molar-refractivity contribution in [2.75, 3.05) is 6.67 Å². The van der Waals surface area contributed by atoms with Crippen LogP contribution in [0.1, 0.15) is 39.0 Å². The number of rotatable bonds is 3. The third-order valence-electron chi connectivity index (χ3n) is 2.60. The number of hydrogen-bond donors (Lipinski definition) is 1. The number of amides is 1. The molecule has 0 heterocycles. The van der Waals surface area contributed by atoms with Gasteiger partial charge >= 0.3 is 0 Å². The van der Waals surface area contributed by atoms with Crippen molar-refractivity contribution in [3.05, 3.63) is 0 Å². The number of halogens is 1. The molecule has 1 N–H and O–H groups in total. The topological polar surface area (TPSA) is 29.1 Å². The molecule has 2 nitrogen and oxygen atoms in total. The van der Waals surface area contributed by atoms with Gasteiger partial charge in [0.1, 0.15) is 6.67 Å². The predicted molar refractivity (Wildman–Crippen MR) is 50.2 cm³/mol. The summed E-state index contributed by atoms with van der Waals surface area (Å²) in [6, 6.07) is -0.325. The fourth-order valence-corrected chi connectivity index (χ4v) is 1.76. The van der Waals surface area contributed by atoms with E-state index in [9.17, 15) is 9.18 Å². The maximum atomic E-state index is 12.1. The summed E-state index contributed by atoms with van der Waals surface area (Å²) in [4.78, 5) is 11.5. The monoisotopic (exact) mass is 187 g/mol. The molecule has 13 heavy (non-hydrogen) atoms. The lowest BCUT2D eigenvalue weighted by molar-refractivity contribution is -0.126. The molecule has 76 valence electrons. The molecule has 1 saturated carbocycles. The molecule has 0 aromatic carbocycles. The van der Waals surface area contributed by atoms with Gasteiger partial charge in [-0.05, 0) is 19.8 Å². The molecule has 0 spiro atoms. The van der Waals surface area contributed by atoms with Crippen molar-refractivity contribution < 1.29 is 9.18 Å². The van der Waals surface area contributed by atoms with Gasteiger partial charge in [0, 0.05) is 5.92 Å². The largest absolute Gasteiger partial charge is 0.351 e. The van der Waals surface area contributed by atoms with Gasteiger partial charge in [-0.1, -0.05) is 19.3 Å². The number of alkyl halides is 1. The maximum Gasteiger partial charge on any atom is 0.223 e. The highest BCUT2D eigenvalue weighted by molar-refractivity contribution is 5.78. The number of carbonyl (C=O) groups excluding carboxylic acids is 1. The van der Waals surface area contributed by atoms with E-state index in [1.807, 2.05) is 0 Å². The molecule has 0 aliphatic heterocycles. The standard InChI is InChI=1S/C10H18FNO/c1-8(7-11)12-10(13)9-5-3-2-4-6-9/h8-9H,2-7H2,1H3,(H,12,13). The first kappa shape index (κ1) is 10.5. The summed E-state index contributed by atoms with van der Waals surface area (Å²) < 4.78 is 12.1. The van der Waals surface area contributed by atoms with Gasteiger partial charge in [-0.3, -0.25) is 4.79 Å². The van der Waals surface area contributed by atoms with Gasteiger partial charge in [0.15, 0.2) is 0 Å². The van der Waals surface area contributed by atoms with Gasteiger partial charge in [0.25, 0.3) is 0 Å². The first-order valence-corrected chi connectivity index (χ1v) is 5.10. The quantitative estimate of drug-likeness (QED) is 0.719. The Kier molecular flexibility index (Phi) is 4.19. The van der Waals surface area contributed by atoms with Crippen LogP contribution in [0.3, 0.4) is 0 Å². The Bertz CT molecular complexity index is 166. The molecule has 1 unspecified atom stereocenters. The molecular weight excluding hydrogens is 169 g/mol. The van der Waals surface area contributed by atoms with Crippen LogP contribution >= 0.6 is 0 Å². The Hall–Kier alpha value is -0.600. The van der Waals surface area contributed by atoms with Crippen molar-refractivity contribution in [1.82, 2.24) is 5.32 Å². The molecule has 0 aromatic rings. The number of carbonyl (C=O) groups is 1. The van der Waals surface area contributed by atoms with Crippen LogP contribution in [0, 0.1) is 5.92 Å². The summed E-state index contributed by atoms with van der Waals surface area (Å²) in [7, 11) is 0. The van der Waals surface area contributed by atoms with E-state index in [-0.39, 0.29) is 17.9 Å². The summed E-state index contributed by atoms with van der Waals surface area (Å²) in [6.07, 6.45) is 5.47. The molecule has 1 aliphatic carbocycles. The lowest BCUT2D eigenvalue weighted by Gasteiger charge is -2.22. The highest BCUT2D eigenvalue weighted by atomic mass is 19.1. The zero-order valence-corrected chi connectivity index (χ0v) is 8.18. The van der Waals surface area contributed by atoms with Crippen LogP contribution in [0.5, 0.6) is 0 Å². The molecule has 0 aromatic heterocycles. The highest BCUT2D eigenvalue weighted by Gasteiger charge is 2.21. The molecule has 1 aliphatic rings. The van der Waals surface area contributed by atoms with Gasteiger partial charge in [0.2, 0.25) is 5.91 Å². The normalized spacial score (nSPS) is 21.1. The van der Waals surface area contributed by atoms with Crippen molar-refractivity contribution in [1.29, 1.82) is 0 Å². The molecule has 0 bridgehead atoms. The second kappa shape index (κ2) is 5.20. The van der Waals surface area contributed by atoms with E-state index < -0.39 is 6.67 Å². The second-order valence-corrected chi connectivity index (χ2v) is 3.90. The first-order chi connectivity index (χ1) is 6.24. The van der Waals surface area contributed by atoms with Crippen molar-refractivity contribution in [2.24, 2.45) is 5.92 Å². The van der Waals surface area contributed by atoms with Gasteiger partial charge in [-0.25, -0.2) is 4.39 Å². The van der Waals surface area contributed by atoms with Gasteiger partial charge in [-0.15, -0.1) is 0 Å². The number of hydrogen-bond acceptors (Lipinski definition) is 1. The van der Waals surface area contributed by atoms with E-state index in [1.54, 1.807) is 6.92 Å². The van der Waals surface area contributed by atoms with E-state index in [1.165, 1.54) is 6.42 Å². The Morgan fingerprint density at radius 1 is 1.46 bits per heavy atom. The van der Waals surface area contributed by atoms with Crippen LogP contribution in [0.4, 0.5) is 4.39 Å². The fraction of sp³-hybridized carbons (Fsp3) is 0.900. The van der Waals surface area contributed by atoms with E-state index in [2.05, 4.69) is 5.32 Å². The lowest BCUT2D eigenvalue weighted by atomic mass is 9.88. The van der Waals surface area contributed by atoms with Gasteiger partial charge in [0.05, 0.1) is 6.04 Å². The molecule has 1 amide bonds. The van der Waals surface area contributed by atoms with Crippen molar-refractivity contribution in [3.63, 3.8) is 0 Å². The Balaban J connectivity index is 2.29. The highest BCUT2D eigenvalue weighted by Crippen LogP contribution is 2.23. The Morgan fingerprint density at radius 3 is 2.62 bits per heavy atom. The first-order valence-electron chi connectivity index (χ1n) is 5.10. The minimum atomic E-state index is -0.474. The average molecular weight is 187 g/mol. The van der Waals surface area contributed by atoms with Crippen molar-refractivity contribution in [2.45, 2.75) is 45.1 Å². The smallest absolute Gasteiger partial charge is 0.223 e. The number of nitrogens with one attached hydrogen (secondary N) is 1. The van der Waals surface area contributed by atoms with Crippen molar-refractivity contribution in [3.8, 4) is 0 Å². The summed E-state index contributed by atoms with van der Waals surface area (Å²) >= 11 is 0. The minimum Gasteiger partial charge on any atom is -0.351 e. The minimum absolute atomic E-state index is 0.0462. The molecule has 0 saturated heterocycles. The van der Waals surface area contributed by atoms with E-state index >= 15 is 0 Å². The van der Waals surface area contributed by atoms with Gasteiger partial charge < -0.3 is 5.32 Å². The zero-order chi connectivity index (χ0) is 9.68. The van der Waals surface area contributed by atoms with Crippen LogP contribution in [0.25, 0.3) is 0 Å². The molecule has 3 heteroatoms. The third-order valence-corrected chi connectivity index (χ3v) is 2.60. The molecule has 0 radical (unpaired) electrons. The van der Waals surface area contributed by atoms with Crippen LogP contribution in [0.2, 0.25) is 0 Å². The SMILES string of the molecule is CC(CF)NC(=O)C1CCCCC1. The third kappa shape index (κ3) is 3.33. The zero-order valence-electron chi connectivity index (χ0n) is 8.18. The van der Waals surface area contributed by atoms with E-state index in [0.29, 0.717) is 0 Å². The van der Waals surface area contributed by atoms with Crippen LogP contribution in [-0.4, -0.2) is 18.6 Å². The Morgan fingerprint density at radius 2 is 2.08 bits per heavy atom. The molecular formula is C10H18FNO. The average Bonchev–Trinajstić information content (AvgIpc) is 2.19. The van der Waals surface area contributed by atoms with Gasteiger partial charge in [-0.2, -0.15) is 0 Å². The molecule has 1 rings (SSSR count). The van der Waals surface area contributed by atoms with E-state index in [0.717, 1.165) is 25.7 Å². The molecule has 1 atom stereocenters. The van der Waals surface area contributed by atoms with E-state index in [4.69, 9.17) is 0 Å². The van der Waals surface area contributed by atoms with Crippen molar-refractivity contribution >= 4 is 5.91 Å². The summed E-state index contributed by atoms with van der Waals surface area (Å²) in [5.41, 5.74) is 0.